The largest absolute Gasteiger partial charge is 0.326 e. The summed E-state index contributed by atoms with van der Waals surface area (Å²) in [6.45, 7) is 5.29. The van der Waals surface area contributed by atoms with Crippen molar-refractivity contribution in [1.29, 1.82) is 0 Å². The molecule has 3 N–H and O–H groups in total. The van der Waals surface area contributed by atoms with Crippen molar-refractivity contribution in [1.82, 2.24) is 5.32 Å². The van der Waals surface area contributed by atoms with Crippen molar-refractivity contribution in [3.8, 4) is 0 Å². The summed E-state index contributed by atoms with van der Waals surface area (Å²) in [6.07, 6.45) is 1.58. The molecule has 1 aliphatic heterocycles. The smallest absolute Gasteiger partial charge is 0.262 e. The summed E-state index contributed by atoms with van der Waals surface area (Å²) in [7, 11) is -3.76. The number of hydrogen-bond donors (Lipinski definition) is 3. The summed E-state index contributed by atoms with van der Waals surface area (Å²) in [4.78, 5) is 12.6. The molecule has 0 spiro atoms. The Labute approximate surface area is 160 Å². The second-order valence-corrected chi connectivity index (χ2v) is 8.62. The predicted molar refractivity (Wildman–Crippen MR) is 107 cm³/mol. The monoisotopic (exact) mass is 387 g/mol. The molecule has 1 heterocycles. The van der Waals surface area contributed by atoms with Gasteiger partial charge in [0.2, 0.25) is 5.91 Å². The van der Waals surface area contributed by atoms with Crippen molar-refractivity contribution >= 4 is 27.3 Å². The van der Waals surface area contributed by atoms with Gasteiger partial charge in [0.05, 0.1) is 4.90 Å². The highest BCUT2D eigenvalue weighted by Crippen LogP contribution is 2.24. The van der Waals surface area contributed by atoms with Crippen LogP contribution in [-0.2, 0) is 14.8 Å². The van der Waals surface area contributed by atoms with Crippen LogP contribution in [0.4, 0.5) is 11.4 Å². The lowest BCUT2D eigenvalue weighted by atomic mass is 9.97. The van der Waals surface area contributed by atoms with Crippen LogP contribution in [0.2, 0.25) is 0 Å². The third-order valence-electron chi connectivity index (χ3n) is 4.73. The molecule has 0 saturated carbocycles. The molecule has 1 fully saturated rings. The van der Waals surface area contributed by atoms with E-state index in [1.807, 2.05) is 13.0 Å². The zero-order valence-corrected chi connectivity index (χ0v) is 16.4. The van der Waals surface area contributed by atoms with Crippen LogP contribution in [-0.4, -0.2) is 27.4 Å². The Morgan fingerprint density at radius 3 is 2.48 bits per heavy atom. The van der Waals surface area contributed by atoms with E-state index in [0.29, 0.717) is 16.9 Å². The lowest BCUT2D eigenvalue weighted by Gasteiger charge is -2.22. The standard InChI is InChI=1S/C20H25N3O3S/c1-14-4-3-5-18(12-14)23-27(25,26)19-13-17(7-6-15(19)2)22-20(24)16-8-10-21-11-9-16/h3-7,12-13,16,21,23H,8-11H2,1-2H3,(H,22,24). The van der Waals surface area contributed by atoms with Crippen molar-refractivity contribution in [3.63, 3.8) is 0 Å². The van der Waals surface area contributed by atoms with Gasteiger partial charge in [0, 0.05) is 17.3 Å². The van der Waals surface area contributed by atoms with Crippen molar-refractivity contribution in [3.05, 3.63) is 53.6 Å². The topological polar surface area (TPSA) is 87.3 Å². The van der Waals surface area contributed by atoms with Crippen LogP contribution in [0.15, 0.2) is 47.4 Å². The summed E-state index contributed by atoms with van der Waals surface area (Å²) in [6, 6.07) is 12.2. The van der Waals surface area contributed by atoms with E-state index < -0.39 is 10.0 Å². The number of sulfonamides is 1. The Morgan fingerprint density at radius 2 is 1.78 bits per heavy atom. The van der Waals surface area contributed by atoms with Crippen molar-refractivity contribution < 1.29 is 13.2 Å². The van der Waals surface area contributed by atoms with Crippen LogP contribution in [0.25, 0.3) is 0 Å². The third-order valence-corrected chi connectivity index (χ3v) is 6.25. The summed E-state index contributed by atoms with van der Waals surface area (Å²) in [5.74, 6) is -0.103. The highest BCUT2D eigenvalue weighted by atomic mass is 32.2. The minimum Gasteiger partial charge on any atom is -0.326 e. The first-order chi connectivity index (χ1) is 12.8. The molecule has 0 unspecified atom stereocenters. The molecule has 27 heavy (non-hydrogen) atoms. The van der Waals surface area contributed by atoms with E-state index in [0.717, 1.165) is 31.5 Å². The molecule has 2 aromatic rings. The van der Waals surface area contributed by atoms with Gasteiger partial charge in [-0.05, 0) is 75.2 Å². The van der Waals surface area contributed by atoms with Gasteiger partial charge < -0.3 is 10.6 Å². The Hall–Kier alpha value is -2.38. The van der Waals surface area contributed by atoms with Crippen LogP contribution in [0, 0.1) is 19.8 Å². The van der Waals surface area contributed by atoms with Gasteiger partial charge in [-0.25, -0.2) is 8.42 Å². The lowest BCUT2D eigenvalue weighted by Crippen LogP contribution is -2.34. The number of aryl methyl sites for hydroxylation is 2. The van der Waals surface area contributed by atoms with E-state index in [4.69, 9.17) is 0 Å². The minimum atomic E-state index is -3.76. The van der Waals surface area contributed by atoms with Crippen LogP contribution in [0.5, 0.6) is 0 Å². The van der Waals surface area contributed by atoms with Gasteiger partial charge in [0.25, 0.3) is 10.0 Å². The molecule has 7 heteroatoms. The van der Waals surface area contributed by atoms with Crippen molar-refractivity contribution in [2.24, 2.45) is 5.92 Å². The highest BCUT2D eigenvalue weighted by Gasteiger charge is 2.22. The first-order valence-electron chi connectivity index (χ1n) is 9.07. The number of rotatable bonds is 5. The van der Waals surface area contributed by atoms with E-state index in [1.54, 1.807) is 37.3 Å². The predicted octanol–water partition coefficient (Wildman–Crippen LogP) is 3.04. The van der Waals surface area contributed by atoms with Crippen LogP contribution in [0.1, 0.15) is 24.0 Å². The SMILES string of the molecule is Cc1cccc(NS(=O)(=O)c2cc(NC(=O)C3CCNCC3)ccc2C)c1. The van der Waals surface area contributed by atoms with Crippen molar-refractivity contribution in [2.75, 3.05) is 23.1 Å². The molecule has 0 aromatic heterocycles. The number of benzene rings is 2. The number of piperidine rings is 1. The Bertz CT molecular complexity index is 935. The van der Waals surface area contributed by atoms with Crippen LogP contribution >= 0.6 is 0 Å². The van der Waals surface area contributed by atoms with Gasteiger partial charge in [-0.2, -0.15) is 0 Å². The number of anilines is 2. The maximum Gasteiger partial charge on any atom is 0.262 e. The normalized spacial score (nSPS) is 15.3. The van der Waals surface area contributed by atoms with Gasteiger partial charge in [-0.1, -0.05) is 18.2 Å². The van der Waals surface area contributed by atoms with Gasteiger partial charge >= 0.3 is 0 Å². The van der Waals surface area contributed by atoms with Crippen molar-refractivity contribution in [2.45, 2.75) is 31.6 Å². The third kappa shape index (κ3) is 4.87. The Balaban J connectivity index is 1.80. The second-order valence-electron chi connectivity index (χ2n) is 6.97. The maximum atomic E-state index is 12.8. The van der Waals surface area contributed by atoms with Crippen LogP contribution in [0.3, 0.4) is 0 Å². The minimum absolute atomic E-state index is 0.0435. The molecule has 0 atom stereocenters. The summed E-state index contributed by atoms with van der Waals surface area (Å²) in [5, 5.41) is 6.09. The molecule has 3 rings (SSSR count). The fourth-order valence-electron chi connectivity index (χ4n) is 3.21. The second kappa shape index (κ2) is 8.10. The Morgan fingerprint density at radius 1 is 1.04 bits per heavy atom. The molecule has 6 nitrogen and oxygen atoms in total. The quantitative estimate of drug-likeness (QED) is 0.736. The van der Waals surface area contributed by atoms with Gasteiger partial charge in [-0.15, -0.1) is 0 Å². The highest BCUT2D eigenvalue weighted by molar-refractivity contribution is 7.92. The molecule has 0 aliphatic carbocycles. The number of carbonyl (C=O) groups excluding carboxylic acids is 1. The van der Waals surface area contributed by atoms with E-state index in [2.05, 4.69) is 15.4 Å². The van der Waals surface area contributed by atoms with Gasteiger partial charge in [0.15, 0.2) is 0 Å². The van der Waals surface area contributed by atoms with E-state index in [-0.39, 0.29) is 16.7 Å². The number of hydrogen-bond acceptors (Lipinski definition) is 4. The molecule has 0 radical (unpaired) electrons. The van der Waals surface area contributed by atoms with E-state index in [1.165, 1.54) is 6.07 Å². The first kappa shape index (κ1) is 19.4. The molecule has 2 aromatic carbocycles. The zero-order valence-electron chi connectivity index (χ0n) is 15.6. The number of nitrogens with one attached hydrogen (secondary N) is 3. The maximum absolute atomic E-state index is 12.8. The van der Waals surface area contributed by atoms with E-state index >= 15 is 0 Å². The molecule has 1 amide bonds. The average Bonchev–Trinajstić information content (AvgIpc) is 2.63. The Kier molecular flexibility index (Phi) is 5.82. The summed E-state index contributed by atoms with van der Waals surface area (Å²) < 4.78 is 28.3. The van der Waals surface area contributed by atoms with Gasteiger partial charge in [-0.3, -0.25) is 9.52 Å². The fraction of sp³-hybridized carbons (Fsp3) is 0.350. The molecule has 144 valence electrons. The average molecular weight is 388 g/mol. The van der Waals surface area contributed by atoms with Gasteiger partial charge in [0.1, 0.15) is 0 Å². The molecule has 1 saturated heterocycles. The molecular formula is C20H25N3O3S. The zero-order chi connectivity index (χ0) is 19.4. The first-order valence-corrected chi connectivity index (χ1v) is 10.6. The molecular weight excluding hydrogens is 362 g/mol. The fourth-order valence-corrected chi connectivity index (χ4v) is 4.54. The van der Waals surface area contributed by atoms with E-state index in [9.17, 15) is 13.2 Å². The number of amides is 1. The summed E-state index contributed by atoms with van der Waals surface area (Å²) >= 11 is 0. The molecule has 0 bridgehead atoms. The molecule has 1 aliphatic rings. The summed E-state index contributed by atoms with van der Waals surface area (Å²) in [5.41, 5.74) is 2.59. The number of carbonyl (C=O) groups is 1. The van der Waals surface area contributed by atoms with Crippen LogP contribution < -0.4 is 15.4 Å². The lowest BCUT2D eigenvalue weighted by molar-refractivity contribution is -0.120.